The van der Waals surface area contributed by atoms with Crippen LogP contribution in [0.15, 0.2) is 0 Å². The van der Waals surface area contributed by atoms with Gasteiger partial charge in [-0.25, -0.2) is 0 Å². The number of ether oxygens (including phenoxy) is 1. The fraction of sp³-hybridized carbons (Fsp3) is 0.941. The molecule has 114 valence electrons. The van der Waals surface area contributed by atoms with Crippen molar-refractivity contribution in [1.29, 1.82) is 0 Å². The summed E-state index contributed by atoms with van der Waals surface area (Å²) in [5.74, 6) is 0.505. The molecule has 0 N–H and O–H groups in total. The maximum absolute atomic E-state index is 10.6. The van der Waals surface area contributed by atoms with E-state index in [9.17, 15) is 4.79 Å². The Morgan fingerprint density at radius 3 is 2.00 bits per heavy atom. The summed E-state index contributed by atoms with van der Waals surface area (Å²) >= 11 is 0. The first kappa shape index (κ1) is 18.5. The Hall–Kier alpha value is -0.530. The average Bonchev–Trinajstić information content (AvgIpc) is 2.42. The molecule has 19 heavy (non-hydrogen) atoms. The molecule has 2 unspecified atom stereocenters. The molecule has 0 spiro atoms. The van der Waals surface area contributed by atoms with Crippen molar-refractivity contribution < 1.29 is 9.53 Å². The van der Waals surface area contributed by atoms with E-state index in [2.05, 4.69) is 20.8 Å². The normalized spacial score (nSPS) is 14.1. The van der Waals surface area contributed by atoms with Crippen molar-refractivity contribution >= 4 is 6.47 Å². The Morgan fingerprint density at radius 2 is 1.42 bits per heavy atom. The maximum atomic E-state index is 10.6. The summed E-state index contributed by atoms with van der Waals surface area (Å²) in [7, 11) is 0. The molecule has 0 aromatic rings. The molecule has 0 radical (unpaired) electrons. The van der Waals surface area contributed by atoms with E-state index < -0.39 is 0 Å². The van der Waals surface area contributed by atoms with Crippen LogP contribution in [0.5, 0.6) is 0 Å². The third-order valence-corrected chi connectivity index (χ3v) is 3.97. The van der Waals surface area contributed by atoms with Gasteiger partial charge < -0.3 is 4.74 Å². The van der Waals surface area contributed by atoms with Crippen LogP contribution in [0.4, 0.5) is 0 Å². The molecule has 0 rings (SSSR count). The molecule has 2 nitrogen and oxygen atoms in total. The van der Waals surface area contributed by atoms with Crippen LogP contribution in [0.3, 0.4) is 0 Å². The second-order valence-corrected chi connectivity index (χ2v) is 5.80. The lowest BCUT2D eigenvalue weighted by Crippen LogP contribution is -2.21. The maximum Gasteiger partial charge on any atom is 0.293 e. The summed E-state index contributed by atoms with van der Waals surface area (Å²) in [6.07, 6.45) is 14.0. The summed E-state index contributed by atoms with van der Waals surface area (Å²) in [5, 5.41) is 0. The van der Waals surface area contributed by atoms with Crippen LogP contribution in [-0.2, 0) is 9.53 Å². The fourth-order valence-electron chi connectivity index (χ4n) is 2.57. The van der Waals surface area contributed by atoms with E-state index in [0.717, 1.165) is 6.42 Å². The van der Waals surface area contributed by atoms with Gasteiger partial charge in [0.1, 0.15) is 6.10 Å². The number of unbranched alkanes of at least 4 members (excludes halogenated alkanes) is 7. The molecule has 0 fully saturated rings. The molecule has 0 saturated carbocycles. The Labute approximate surface area is 120 Å². The number of carbonyl (C=O) groups excluding carboxylic acids is 1. The molecule has 0 aliphatic rings. The fourth-order valence-corrected chi connectivity index (χ4v) is 2.57. The summed E-state index contributed by atoms with van der Waals surface area (Å²) in [5.41, 5.74) is 0. The second-order valence-electron chi connectivity index (χ2n) is 5.80. The molecule has 2 atom stereocenters. The molecule has 0 heterocycles. The van der Waals surface area contributed by atoms with Gasteiger partial charge >= 0.3 is 0 Å². The summed E-state index contributed by atoms with van der Waals surface area (Å²) in [6, 6.07) is 0. The van der Waals surface area contributed by atoms with Crippen molar-refractivity contribution in [3.05, 3.63) is 0 Å². The van der Waals surface area contributed by atoms with E-state index >= 15 is 0 Å². The third kappa shape index (κ3) is 11.0. The van der Waals surface area contributed by atoms with E-state index in [0.29, 0.717) is 12.4 Å². The molecule has 0 aromatic heterocycles. The highest BCUT2D eigenvalue weighted by atomic mass is 16.5. The van der Waals surface area contributed by atoms with E-state index in [-0.39, 0.29) is 6.10 Å². The molecule has 0 aliphatic carbocycles. The van der Waals surface area contributed by atoms with Gasteiger partial charge in [0.05, 0.1) is 0 Å². The van der Waals surface area contributed by atoms with Gasteiger partial charge in [-0.15, -0.1) is 0 Å². The highest BCUT2D eigenvalue weighted by Crippen LogP contribution is 2.20. The molecule has 0 amide bonds. The van der Waals surface area contributed by atoms with Crippen LogP contribution < -0.4 is 0 Å². The highest BCUT2D eigenvalue weighted by molar-refractivity contribution is 5.37. The van der Waals surface area contributed by atoms with Crippen molar-refractivity contribution in [2.45, 2.75) is 97.5 Å². The zero-order chi connectivity index (χ0) is 14.3. The average molecular weight is 270 g/mol. The van der Waals surface area contributed by atoms with Gasteiger partial charge in [-0.2, -0.15) is 0 Å². The standard InChI is InChI=1S/C17H34O2/c1-4-6-8-9-10-11-12-14-17(19-15-18)16(3)13-7-5-2/h15-17H,4-14H2,1-3H3. The van der Waals surface area contributed by atoms with Gasteiger partial charge in [-0.1, -0.05) is 72.1 Å². The summed E-state index contributed by atoms with van der Waals surface area (Å²) < 4.78 is 5.27. The molecule has 2 heteroatoms. The molecular weight excluding hydrogens is 236 g/mol. The van der Waals surface area contributed by atoms with Crippen molar-refractivity contribution in [3.8, 4) is 0 Å². The molecular formula is C17H34O2. The van der Waals surface area contributed by atoms with E-state index in [1.165, 1.54) is 64.2 Å². The van der Waals surface area contributed by atoms with Gasteiger partial charge in [0, 0.05) is 0 Å². The lowest BCUT2D eigenvalue weighted by atomic mass is 9.93. The Kier molecular flexibility index (Phi) is 13.5. The Bertz CT molecular complexity index is 192. The Morgan fingerprint density at radius 1 is 0.842 bits per heavy atom. The first-order valence-corrected chi connectivity index (χ1v) is 8.35. The second kappa shape index (κ2) is 13.9. The largest absolute Gasteiger partial charge is 0.464 e. The van der Waals surface area contributed by atoms with Gasteiger partial charge in [-0.05, 0) is 25.2 Å². The predicted molar refractivity (Wildman–Crippen MR) is 82.2 cm³/mol. The van der Waals surface area contributed by atoms with Crippen LogP contribution in [0.25, 0.3) is 0 Å². The van der Waals surface area contributed by atoms with Crippen molar-refractivity contribution in [1.82, 2.24) is 0 Å². The SMILES string of the molecule is CCCCCCCCCC(OC=O)C(C)CCCC. The topological polar surface area (TPSA) is 26.3 Å². The number of carbonyl (C=O) groups is 1. The number of hydrogen-bond donors (Lipinski definition) is 0. The number of hydrogen-bond acceptors (Lipinski definition) is 2. The van der Waals surface area contributed by atoms with Crippen molar-refractivity contribution in [2.75, 3.05) is 0 Å². The Balaban J connectivity index is 3.66. The van der Waals surface area contributed by atoms with Crippen LogP contribution in [-0.4, -0.2) is 12.6 Å². The lowest BCUT2D eigenvalue weighted by Gasteiger charge is -2.22. The highest BCUT2D eigenvalue weighted by Gasteiger charge is 2.17. The van der Waals surface area contributed by atoms with Gasteiger partial charge in [-0.3, -0.25) is 4.79 Å². The minimum absolute atomic E-state index is 0.139. The van der Waals surface area contributed by atoms with Gasteiger partial charge in [0.25, 0.3) is 6.47 Å². The minimum atomic E-state index is 0.139. The first-order valence-electron chi connectivity index (χ1n) is 8.35. The predicted octanol–water partition coefficient (Wildman–Crippen LogP) is 5.50. The third-order valence-electron chi connectivity index (χ3n) is 3.97. The van der Waals surface area contributed by atoms with Crippen molar-refractivity contribution in [2.24, 2.45) is 5.92 Å². The zero-order valence-electron chi connectivity index (χ0n) is 13.3. The zero-order valence-corrected chi connectivity index (χ0v) is 13.3. The summed E-state index contributed by atoms with van der Waals surface area (Å²) in [4.78, 5) is 10.6. The molecule has 0 aliphatic heterocycles. The van der Waals surface area contributed by atoms with Crippen molar-refractivity contribution in [3.63, 3.8) is 0 Å². The van der Waals surface area contributed by atoms with Crippen LogP contribution in [0.1, 0.15) is 91.4 Å². The van der Waals surface area contributed by atoms with Gasteiger partial charge in [0.15, 0.2) is 0 Å². The van der Waals surface area contributed by atoms with Gasteiger partial charge in [0.2, 0.25) is 0 Å². The van der Waals surface area contributed by atoms with E-state index in [1.54, 1.807) is 0 Å². The monoisotopic (exact) mass is 270 g/mol. The van der Waals surface area contributed by atoms with E-state index in [4.69, 9.17) is 4.74 Å². The number of rotatable bonds is 14. The van der Waals surface area contributed by atoms with Crippen LogP contribution in [0, 0.1) is 5.92 Å². The molecule has 0 saturated heterocycles. The minimum Gasteiger partial charge on any atom is -0.464 e. The van der Waals surface area contributed by atoms with E-state index in [1.807, 2.05) is 0 Å². The molecule has 0 aromatic carbocycles. The smallest absolute Gasteiger partial charge is 0.293 e. The lowest BCUT2D eigenvalue weighted by molar-refractivity contribution is -0.136. The summed E-state index contributed by atoms with van der Waals surface area (Å²) in [6.45, 7) is 7.30. The van der Waals surface area contributed by atoms with Crippen LogP contribution in [0.2, 0.25) is 0 Å². The molecule has 0 bridgehead atoms. The first-order chi connectivity index (χ1) is 9.26. The quantitative estimate of drug-likeness (QED) is 0.308. The van der Waals surface area contributed by atoms with Crippen LogP contribution >= 0.6 is 0 Å².